The van der Waals surface area contributed by atoms with Crippen molar-refractivity contribution in [3.8, 4) is 0 Å². The van der Waals surface area contributed by atoms with Gasteiger partial charge in [-0.2, -0.15) is 4.98 Å². The molecule has 1 aromatic carbocycles. The highest BCUT2D eigenvalue weighted by atomic mass is 32.2. The Morgan fingerprint density at radius 2 is 1.70 bits per heavy atom. The lowest BCUT2D eigenvalue weighted by atomic mass is 10.2. The van der Waals surface area contributed by atoms with Gasteiger partial charge in [-0.1, -0.05) is 18.2 Å². The van der Waals surface area contributed by atoms with Crippen LogP contribution in [0.1, 0.15) is 5.56 Å². The first-order chi connectivity index (χ1) is 12.6. The van der Waals surface area contributed by atoms with E-state index in [-0.39, 0.29) is 22.4 Å². The molecule has 2 heterocycles. The van der Waals surface area contributed by atoms with Crippen LogP contribution in [0.25, 0.3) is 11.2 Å². The number of nitro groups is 1. The van der Waals surface area contributed by atoms with Crippen LogP contribution in [0, 0.1) is 10.1 Å². The summed E-state index contributed by atoms with van der Waals surface area (Å²) in [6.45, 7) is 0. The van der Waals surface area contributed by atoms with Crippen molar-refractivity contribution in [3.05, 3.63) is 60.8 Å². The van der Waals surface area contributed by atoms with Gasteiger partial charge in [0.15, 0.2) is 11.2 Å². The lowest BCUT2D eigenvalue weighted by Crippen LogP contribution is -2.37. The molecule has 0 aliphatic heterocycles. The van der Waals surface area contributed by atoms with Gasteiger partial charge >= 0.3 is 5.69 Å². The van der Waals surface area contributed by atoms with Crippen molar-refractivity contribution in [3.63, 3.8) is 0 Å². The van der Waals surface area contributed by atoms with E-state index in [1.165, 1.54) is 45.4 Å². The number of nitrogens with zero attached hydrogens (tertiary/aromatic N) is 5. The van der Waals surface area contributed by atoms with E-state index in [9.17, 15) is 28.1 Å². The van der Waals surface area contributed by atoms with Crippen LogP contribution in [0.2, 0.25) is 0 Å². The number of hydrogen-bond donors (Lipinski definition) is 0. The van der Waals surface area contributed by atoms with Gasteiger partial charge in [-0.05, 0) is 0 Å². The van der Waals surface area contributed by atoms with Crippen LogP contribution >= 0.6 is 0 Å². The number of aryl methyl sites for hydroxylation is 2. The monoisotopic (exact) mass is 393 g/mol. The van der Waals surface area contributed by atoms with Gasteiger partial charge in [-0.25, -0.2) is 13.2 Å². The Morgan fingerprint density at radius 3 is 2.33 bits per heavy atom. The minimum absolute atomic E-state index is 0.00338. The second kappa shape index (κ2) is 6.16. The number of sulfone groups is 1. The lowest BCUT2D eigenvalue weighted by Gasteiger charge is -2.05. The van der Waals surface area contributed by atoms with Crippen LogP contribution in [0.15, 0.2) is 39.0 Å². The predicted octanol–water partition coefficient (Wildman–Crippen LogP) is -0.147. The smallest absolute Gasteiger partial charge is 0.312 e. The summed E-state index contributed by atoms with van der Waals surface area (Å²) in [5.41, 5.74) is -1.80. The molecule has 27 heavy (non-hydrogen) atoms. The van der Waals surface area contributed by atoms with Gasteiger partial charge in [-0.15, -0.1) is 0 Å². The molecule has 3 rings (SSSR count). The molecule has 11 nitrogen and oxygen atoms in total. The number of aromatic nitrogens is 4. The summed E-state index contributed by atoms with van der Waals surface area (Å²) in [5, 5.41) is 10.7. The molecule has 0 bridgehead atoms. The summed E-state index contributed by atoms with van der Waals surface area (Å²) in [7, 11) is -0.149. The zero-order valence-electron chi connectivity index (χ0n) is 14.6. The number of imidazole rings is 1. The van der Waals surface area contributed by atoms with E-state index in [1.807, 2.05) is 0 Å². The molecule has 0 fully saturated rings. The topological polar surface area (TPSA) is 139 Å². The van der Waals surface area contributed by atoms with E-state index in [2.05, 4.69) is 4.98 Å². The summed E-state index contributed by atoms with van der Waals surface area (Å²) in [6, 6.07) is 5.47. The fraction of sp³-hybridized carbons (Fsp3) is 0.267. The molecule has 0 amide bonds. The molecule has 0 aliphatic carbocycles. The average Bonchev–Trinajstić information content (AvgIpc) is 2.96. The third-order valence-corrected chi connectivity index (χ3v) is 5.86. The zero-order chi connectivity index (χ0) is 20.1. The van der Waals surface area contributed by atoms with Gasteiger partial charge in [0.1, 0.15) is 0 Å². The zero-order valence-corrected chi connectivity index (χ0v) is 15.4. The number of fused-ring (bicyclic) bond motifs is 1. The maximum absolute atomic E-state index is 12.9. The van der Waals surface area contributed by atoms with Crippen LogP contribution in [-0.2, 0) is 36.7 Å². The molecular formula is C15H15N5O6S. The Hall–Kier alpha value is -3.28. The van der Waals surface area contributed by atoms with Gasteiger partial charge < -0.3 is 4.57 Å². The van der Waals surface area contributed by atoms with Crippen molar-refractivity contribution >= 4 is 26.7 Å². The normalized spacial score (nSPS) is 11.8. The molecule has 0 unspecified atom stereocenters. The molecule has 12 heteroatoms. The van der Waals surface area contributed by atoms with Crippen molar-refractivity contribution in [2.45, 2.75) is 10.9 Å². The Balaban J connectivity index is 2.24. The summed E-state index contributed by atoms with van der Waals surface area (Å²) in [4.78, 5) is 38.8. The van der Waals surface area contributed by atoms with Crippen molar-refractivity contribution < 1.29 is 13.3 Å². The molecule has 0 spiro atoms. The third-order valence-electron chi connectivity index (χ3n) is 4.25. The lowest BCUT2D eigenvalue weighted by molar-refractivity contribution is -0.385. The SMILES string of the molecule is Cn1c(=O)c2c(nc(S(=O)(=O)Cc3ccccc3[N+](=O)[O-])n2C)n(C)c1=O. The number of benzene rings is 1. The van der Waals surface area contributed by atoms with Crippen molar-refractivity contribution in [2.24, 2.45) is 21.1 Å². The van der Waals surface area contributed by atoms with E-state index in [0.29, 0.717) is 0 Å². The van der Waals surface area contributed by atoms with E-state index < -0.39 is 36.9 Å². The molecule has 0 radical (unpaired) electrons. The van der Waals surface area contributed by atoms with Gasteiger partial charge in [0.2, 0.25) is 15.0 Å². The van der Waals surface area contributed by atoms with Crippen LogP contribution < -0.4 is 11.2 Å². The number of hydrogen-bond acceptors (Lipinski definition) is 7. The average molecular weight is 393 g/mol. The number of para-hydroxylation sites is 1. The molecule has 0 aliphatic rings. The maximum atomic E-state index is 12.9. The van der Waals surface area contributed by atoms with Crippen LogP contribution in [-0.4, -0.2) is 32.0 Å². The van der Waals surface area contributed by atoms with E-state index in [4.69, 9.17) is 0 Å². The van der Waals surface area contributed by atoms with Crippen LogP contribution in [0.4, 0.5) is 5.69 Å². The second-order valence-corrected chi connectivity index (χ2v) is 7.86. The van der Waals surface area contributed by atoms with E-state index in [1.54, 1.807) is 0 Å². The standard InChI is InChI=1S/C15H15N5O6S/c1-17-11-12(18(2)15(22)19(3)13(11)21)16-14(17)27(25,26)8-9-6-4-5-7-10(9)20(23)24/h4-7H,8H2,1-3H3. The van der Waals surface area contributed by atoms with Crippen molar-refractivity contribution in [1.82, 2.24) is 18.7 Å². The maximum Gasteiger partial charge on any atom is 0.332 e. The minimum atomic E-state index is -4.14. The predicted molar refractivity (Wildman–Crippen MR) is 95.2 cm³/mol. The summed E-state index contributed by atoms with van der Waals surface area (Å²) in [5.74, 6) is -0.671. The first kappa shape index (κ1) is 18.5. The Labute approximate surface area is 152 Å². The quantitative estimate of drug-likeness (QED) is 0.444. The number of rotatable bonds is 4. The molecular weight excluding hydrogens is 378 g/mol. The highest BCUT2D eigenvalue weighted by Gasteiger charge is 2.28. The van der Waals surface area contributed by atoms with Crippen molar-refractivity contribution in [2.75, 3.05) is 0 Å². The fourth-order valence-electron chi connectivity index (χ4n) is 2.86. The highest BCUT2D eigenvalue weighted by Crippen LogP contribution is 2.24. The molecule has 3 aromatic rings. The number of nitro benzene ring substituents is 1. The summed E-state index contributed by atoms with van der Waals surface area (Å²) < 4.78 is 28.7. The highest BCUT2D eigenvalue weighted by molar-refractivity contribution is 7.90. The first-order valence-electron chi connectivity index (χ1n) is 7.63. The van der Waals surface area contributed by atoms with E-state index >= 15 is 0 Å². The third kappa shape index (κ3) is 2.83. The molecule has 0 saturated heterocycles. The fourth-order valence-corrected chi connectivity index (χ4v) is 4.37. The van der Waals surface area contributed by atoms with Gasteiger partial charge in [0.05, 0.1) is 10.7 Å². The van der Waals surface area contributed by atoms with Crippen LogP contribution in [0.5, 0.6) is 0 Å². The van der Waals surface area contributed by atoms with Gasteiger partial charge in [0, 0.05) is 32.8 Å². The van der Waals surface area contributed by atoms with Gasteiger partial charge in [-0.3, -0.25) is 24.0 Å². The molecule has 0 atom stereocenters. The molecule has 2 aromatic heterocycles. The Bertz CT molecular complexity index is 1310. The summed E-state index contributed by atoms with van der Waals surface area (Å²) in [6.07, 6.45) is 0. The first-order valence-corrected chi connectivity index (χ1v) is 9.29. The summed E-state index contributed by atoms with van der Waals surface area (Å²) >= 11 is 0. The minimum Gasteiger partial charge on any atom is -0.312 e. The van der Waals surface area contributed by atoms with E-state index in [0.717, 1.165) is 13.7 Å². The second-order valence-electron chi connectivity index (χ2n) is 5.98. The Morgan fingerprint density at radius 1 is 1.07 bits per heavy atom. The molecule has 0 saturated carbocycles. The van der Waals surface area contributed by atoms with Crippen molar-refractivity contribution in [1.29, 1.82) is 0 Å². The van der Waals surface area contributed by atoms with Gasteiger partial charge in [0.25, 0.3) is 11.2 Å². The molecule has 142 valence electrons. The molecule has 0 N–H and O–H groups in total. The Kier molecular flexibility index (Phi) is 4.22. The largest absolute Gasteiger partial charge is 0.332 e. The van der Waals surface area contributed by atoms with Crippen LogP contribution in [0.3, 0.4) is 0 Å².